The SMILES string of the molecule is CC1(c2ccc(C#N)cc2F)Oc2cccc(C3CCN(Cc4nc5cc(-c6noc(=O)[nH]6)ncc5n4C[C@@H]4CCO4)CC3)c2O1. The highest BCUT2D eigenvalue weighted by molar-refractivity contribution is 5.78. The molecular formula is C33H30FN7O5. The summed E-state index contributed by atoms with van der Waals surface area (Å²) >= 11 is 0. The Morgan fingerprint density at radius 3 is 2.72 bits per heavy atom. The Labute approximate surface area is 262 Å². The first-order chi connectivity index (χ1) is 22.4. The lowest BCUT2D eigenvalue weighted by atomic mass is 9.88. The van der Waals surface area contributed by atoms with Crippen molar-refractivity contribution >= 4 is 11.0 Å². The van der Waals surface area contributed by atoms with Crippen LogP contribution in [0.25, 0.3) is 22.6 Å². The molecule has 0 amide bonds. The molecule has 2 fully saturated rings. The van der Waals surface area contributed by atoms with Gasteiger partial charge in [-0.3, -0.25) is 19.4 Å². The Balaban J connectivity index is 0.999. The highest BCUT2D eigenvalue weighted by Crippen LogP contribution is 2.49. The third-order valence-electron chi connectivity index (χ3n) is 9.17. The Morgan fingerprint density at radius 1 is 1.15 bits per heavy atom. The molecule has 2 saturated heterocycles. The standard InChI is InChI=1S/C33H30FN7O5/c1-33(23-6-5-19(15-35)13-24(23)34)44-28-4-2-3-22(30(28)45-33)20-7-10-40(11-8-20)18-29-37-25-14-26(31-38-32(42)46-39-31)36-16-27(25)41(29)17-21-9-12-43-21/h2-6,13-14,16,20-21H,7-12,17-18H2,1H3,(H,38,39,42)/t21-,33?/m0/s1. The molecule has 0 spiro atoms. The average Bonchev–Trinajstić information content (AvgIpc) is 3.73. The molecule has 12 nitrogen and oxygen atoms in total. The van der Waals surface area contributed by atoms with Crippen LogP contribution in [-0.2, 0) is 23.6 Å². The number of benzene rings is 2. The summed E-state index contributed by atoms with van der Waals surface area (Å²) in [6.07, 6.45) is 4.70. The minimum Gasteiger partial charge on any atom is -0.444 e. The van der Waals surface area contributed by atoms with Gasteiger partial charge in [0.1, 0.15) is 17.3 Å². The van der Waals surface area contributed by atoms with Crippen LogP contribution in [0.5, 0.6) is 11.5 Å². The summed E-state index contributed by atoms with van der Waals surface area (Å²) in [5.41, 5.74) is 3.68. The van der Waals surface area contributed by atoms with Crippen LogP contribution in [0.3, 0.4) is 0 Å². The lowest BCUT2D eigenvalue weighted by Crippen LogP contribution is -2.35. The van der Waals surface area contributed by atoms with Gasteiger partial charge in [-0.2, -0.15) is 5.26 Å². The summed E-state index contributed by atoms with van der Waals surface area (Å²) in [6, 6.07) is 14.0. The molecule has 2 atom stereocenters. The van der Waals surface area contributed by atoms with E-state index < -0.39 is 17.4 Å². The summed E-state index contributed by atoms with van der Waals surface area (Å²) in [5, 5.41) is 12.9. The number of pyridine rings is 1. The van der Waals surface area contributed by atoms with E-state index in [0.29, 0.717) is 30.3 Å². The van der Waals surface area contributed by atoms with Crippen LogP contribution in [-0.4, -0.2) is 55.4 Å². The number of aromatic amines is 1. The van der Waals surface area contributed by atoms with Crippen molar-refractivity contribution in [3.05, 3.63) is 87.5 Å². The molecule has 0 radical (unpaired) electrons. The zero-order chi connectivity index (χ0) is 31.4. The fourth-order valence-corrected chi connectivity index (χ4v) is 6.63. The molecule has 46 heavy (non-hydrogen) atoms. The van der Waals surface area contributed by atoms with Gasteiger partial charge in [0.25, 0.3) is 5.79 Å². The molecule has 1 N–H and O–H groups in total. The van der Waals surface area contributed by atoms with Crippen molar-refractivity contribution in [3.8, 4) is 29.1 Å². The van der Waals surface area contributed by atoms with Gasteiger partial charge in [0.2, 0.25) is 5.82 Å². The number of ether oxygens (including phenoxy) is 3. The number of nitrogens with one attached hydrogen (secondary N) is 1. The molecule has 3 aliphatic heterocycles. The van der Waals surface area contributed by atoms with Gasteiger partial charge in [-0.15, -0.1) is 0 Å². The molecule has 0 bridgehead atoms. The Morgan fingerprint density at radius 2 is 2.00 bits per heavy atom. The first kappa shape index (κ1) is 28.4. The lowest BCUT2D eigenvalue weighted by molar-refractivity contribution is -0.0712. The maximum atomic E-state index is 15.0. The highest BCUT2D eigenvalue weighted by Gasteiger charge is 2.43. The van der Waals surface area contributed by atoms with Crippen LogP contribution in [0, 0.1) is 17.1 Å². The largest absolute Gasteiger partial charge is 0.444 e. The van der Waals surface area contributed by atoms with E-state index in [9.17, 15) is 9.18 Å². The van der Waals surface area contributed by atoms with E-state index in [0.717, 1.165) is 61.4 Å². The van der Waals surface area contributed by atoms with Crippen LogP contribution in [0.4, 0.5) is 4.39 Å². The highest BCUT2D eigenvalue weighted by atomic mass is 19.1. The summed E-state index contributed by atoms with van der Waals surface area (Å²) in [6.45, 7) is 5.52. The predicted molar refractivity (Wildman–Crippen MR) is 161 cm³/mol. The molecule has 8 rings (SSSR count). The van der Waals surface area contributed by atoms with Gasteiger partial charge < -0.3 is 18.8 Å². The predicted octanol–water partition coefficient (Wildman–Crippen LogP) is 4.60. The van der Waals surface area contributed by atoms with E-state index >= 15 is 0 Å². The third kappa shape index (κ3) is 4.99. The van der Waals surface area contributed by atoms with Gasteiger partial charge in [-0.25, -0.2) is 14.2 Å². The summed E-state index contributed by atoms with van der Waals surface area (Å²) < 4.78 is 40.1. The van der Waals surface area contributed by atoms with Crippen molar-refractivity contribution in [2.45, 2.75) is 57.1 Å². The van der Waals surface area contributed by atoms with E-state index in [1.54, 1.807) is 25.3 Å². The molecule has 0 saturated carbocycles. The van der Waals surface area contributed by atoms with E-state index in [-0.39, 0.29) is 29.0 Å². The second kappa shape index (κ2) is 11.1. The molecule has 234 valence electrons. The Bertz CT molecular complexity index is 2050. The number of fused-ring (bicyclic) bond motifs is 2. The lowest BCUT2D eigenvalue weighted by Gasteiger charge is -2.33. The zero-order valence-corrected chi connectivity index (χ0v) is 25.0. The van der Waals surface area contributed by atoms with Crippen LogP contribution in [0.1, 0.15) is 54.6 Å². The Kier molecular flexibility index (Phi) is 6.84. The first-order valence-corrected chi connectivity index (χ1v) is 15.3. The van der Waals surface area contributed by atoms with Crippen LogP contribution < -0.4 is 15.2 Å². The molecule has 1 unspecified atom stereocenters. The normalized spacial score (nSPS) is 21.4. The van der Waals surface area contributed by atoms with Crippen LogP contribution in [0.2, 0.25) is 0 Å². The number of aromatic nitrogens is 5. The molecule has 3 aromatic heterocycles. The third-order valence-corrected chi connectivity index (χ3v) is 9.17. The minimum atomic E-state index is -1.34. The van der Waals surface area contributed by atoms with E-state index in [1.807, 2.05) is 24.3 Å². The maximum Gasteiger partial charge on any atom is 0.439 e. The monoisotopic (exact) mass is 623 g/mol. The Hall–Kier alpha value is -5.06. The van der Waals surface area contributed by atoms with E-state index in [2.05, 4.69) is 35.2 Å². The molecule has 0 aliphatic carbocycles. The molecule has 6 heterocycles. The maximum absolute atomic E-state index is 15.0. The van der Waals surface area contributed by atoms with Crippen molar-refractivity contribution < 1.29 is 23.1 Å². The number of hydrogen-bond acceptors (Lipinski definition) is 10. The van der Waals surface area contributed by atoms with Gasteiger partial charge >= 0.3 is 5.76 Å². The molecule has 3 aliphatic rings. The van der Waals surface area contributed by atoms with Crippen molar-refractivity contribution in [2.24, 2.45) is 0 Å². The zero-order valence-electron chi connectivity index (χ0n) is 25.0. The molecule has 13 heteroatoms. The van der Waals surface area contributed by atoms with E-state index in [1.165, 1.54) is 6.07 Å². The molecule has 5 aromatic rings. The second-order valence-electron chi connectivity index (χ2n) is 12.1. The van der Waals surface area contributed by atoms with Crippen molar-refractivity contribution in [2.75, 3.05) is 19.7 Å². The van der Waals surface area contributed by atoms with E-state index in [4.69, 9.17) is 24.5 Å². The topological polar surface area (TPSA) is 144 Å². The molecule has 2 aromatic carbocycles. The number of imidazole rings is 1. The summed E-state index contributed by atoms with van der Waals surface area (Å²) in [5.74, 6) is 0.138. The smallest absolute Gasteiger partial charge is 0.439 e. The second-order valence-corrected chi connectivity index (χ2v) is 12.1. The van der Waals surface area contributed by atoms with Crippen molar-refractivity contribution in [3.63, 3.8) is 0 Å². The van der Waals surface area contributed by atoms with Crippen LogP contribution >= 0.6 is 0 Å². The fourth-order valence-electron chi connectivity index (χ4n) is 6.63. The molecular weight excluding hydrogens is 593 g/mol. The average molecular weight is 624 g/mol. The first-order valence-electron chi connectivity index (χ1n) is 15.3. The number of rotatable bonds is 7. The number of nitrogens with zero attached hydrogens (tertiary/aromatic N) is 6. The number of hydrogen-bond donors (Lipinski definition) is 1. The number of halogens is 1. The van der Waals surface area contributed by atoms with Gasteiger partial charge in [-0.05, 0) is 68.6 Å². The fraction of sp³-hybridized carbons (Fsp3) is 0.364. The number of likely N-dealkylation sites (tertiary alicyclic amines) is 1. The minimum absolute atomic E-state index is 0.138. The van der Waals surface area contributed by atoms with Gasteiger partial charge in [0.15, 0.2) is 11.5 Å². The van der Waals surface area contributed by atoms with Crippen molar-refractivity contribution in [1.82, 2.24) is 29.6 Å². The summed E-state index contributed by atoms with van der Waals surface area (Å²) in [7, 11) is 0. The van der Waals surface area contributed by atoms with Crippen molar-refractivity contribution in [1.29, 1.82) is 5.26 Å². The number of H-pyrrole nitrogens is 1. The summed E-state index contributed by atoms with van der Waals surface area (Å²) in [4.78, 5) is 25.9. The van der Waals surface area contributed by atoms with Gasteiger partial charge in [-0.1, -0.05) is 17.3 Å². The van der Waals surface area contributed by atoms with Gasteiger partial charge in [0, 0.05) is 19.1 Å². The number of piperidine rings is 1. The number of para-hydroxylation sites is 1. The van der Waals surface area contributed by atoms with Gasteiger partial charge in [0.05, 0.1) is 53.6 Å². The van der Waals surface area contributed by atoms with Crippen LogP contribution in [0.15, 0.2) is 58.0 Å². The quantitative estimate of drug-likeness (QED) is 0.273. The number of nitriles is 1.